The van der Waals surface area contributed by atoms with Gasteiger partial charge in [-0.1, -0.05) is 12.8 Å². The van der Waals surface area contributed by atoms with Crippen molar-refractivity contribution in [2.45, 2.75) is 50.5 Å². The normalized spacial score (nSPS) is 20.1. The van der Waals surface area contributed by atoms with Gasteiger partial charge in [0.1, 0.15) is 17.5 Å². The van der Waals surface area contributed by atoms with Crippen LogP contribution < -0.4 is 10.2 Å². The molecule has 0 amide bonds. The van der Waals surface area contributed by atoms with Crippen LogP contribution >= 0.6 is 0 Å². The van der Waals surface area contributed by atoms with E-state index in [1.54, 1.807) is 0 Å². The van der Waals surface area contributed by atoms with Crippen molar-refractivity contribution < 1.29 is 0 Å². The number of hydrogen-bond donors (Lipinski definition) is 1. The molecule has 4 nitrogen and oxygen atoms in total. The Morgan fingerprint density at radius 3 is 2.50 bits per heavy atom. The van der Waals surface area contributed by atoms with E-state index >= 15 is 0 Å². The molecule has 1 heterocycles. The Labute approximate surface area is 109 Å². The van der Waals surface area contributed by atoms with Gasteiger partial charge in [-0.3, -0.25) is 0 Å². The minimum absolute atomic E-state index is 0.606. The smallest absolute Gasteiger partial charge is 0.136 e. The van der Waals surface area contributed by atoms with Crippen molar-refractivity contribution in [2.24, 2.45) is 0 Å². The van der Waals surface area contributed by atoms with Gasteiger partial charge in [-0.25, -0.2) is 9.97 Å². The summed E-state index contributed by atoms with van der Waals surface area (Å²) in [5.41, 5.74) is 0. The first-order chi connectivity index (χ1) is 8.78. The average Bonchev–Trinajstić information content (AvgIpc) is 3.12. The van der Waals surface area contributed by atoms with Crippen molar-refractivity contribution in [2.75, 3.05) is 24.3 Å². The second-order valence-electron chi connectivity index (χ2n) is 5.54. The van der Waals surface area contributed by atoms with E-state index in [9.17, 15) is 0 Å². The van der Waals surface area contributed by atoms with Gasteiger partial charge in [0.2, 0.25) is 0 Å². The zero-order valence-corrected chi connectivity index (χ0v) is 11.3. The summed E-state index contributed by atoms with van der Waals surface area (Å²) in [6, 6.07) is 2.74. The largest absolute Gasteiger partial charge is 0.373 e. The van der Waals surface area contributed by atoms with Gasteiger partial charge in [-0.15, -0.1) is 0 Å². The van der Waals surface area contributed by atoms with Gasteiger partial charge in [-0.2, -0.15) is 0 Å². The van der Waals surface area contributed by atoms with Crippen LogP contribution in [0.5, 0.6) is 0 Å². The fourth-order valence-corrected chi connectivity index (χ4v) is 2.76. The summed E-state index contributed by atoms with van der Waals surface area (Å²) < 4.78 is 0. The van der Waals surface area contributed by atoms with E-state index in [4.69, 9.17) is 4.98 Å². The standard InChI is InChI=1S/C14H22N4/c1-15-12-9-13(17-14(16-12)10-7-8-10)18(2)11-5-3-4-6-11/h9-11H,3-8H2,1-2H3,(H,15,16,17). The molecule has 0 aromatic carbocycles. The molecule has 4 heteroatoms. The first-order valence-electron chi connectivity index (χ1n) is 7.07. The molecule has 18 heavy (non-hydrogen) atoms. The van der Waals surface area contributed by atoms with E-state index in [1.165, 1.54) is 38.5 Å². The maximum atomic E-state index is 4.76. The van der Waals surface area contributed by atoms with Crippen LogP contribution in [0.2, 0.25) is 0 Å². The molecule has 1 aromatic rings. The maximum Gasteiger partial charge on any atom is 0.136 e. The highest BCUT2D eigenvalue weighted by Gasteiger charge is 2.28. The summed E-state index contributed by atoms with van der Waals surface area (Å²) in [7, 11) is 4.10. The summed E-state index contributed by atoms with van der Waals surface area (Å²) >= 11 is 0. The topological polar surface area (TPSA) is 41.0 Å². The van der Waals surface area contributed by atoms with Crippen LogP contribution in [0, 0.1) is 0 Å². The van der Waals surface area contributed by atoms with E-state index in [2.05, 4.69) is 28.3 Å². The minimum Gasteiger partial charge on any atom is -0.373 e. The lowest BCUT2D eigenvalue weighted by molar-refractivity contribution is 0.643. The monoisotopic (exact) mass is 246 g/mol. The Morgan fingerprint density at radius 1 is 1.17 bits per heavy atom. The fourth-order valence-electron chi connectivity index (χ4n) is 2.76. The molecule has 3 rings (SSSR count). The Kier molecular flexibility index (Phi) is 3.10. The first-order valence-corrected chi connectivity index (χ1v) is 7.07. The summed E-state index contributed by atoms with van der Waals surface area (Å²) in [5, 5.41) is 3.16. The second-order valence-corrected chi connectivity index (χ2v) is 5.54. The maximum absolute atomic E-state index is 4.76. The van der Waals surface area contributed by atoms with Gasteiger partial charge in [-0.05, 0) is 25.7 Å². The van der Waals surface area contributed by atoms with Crippen LogP contribution in [0.1, 0.15) is 50.3 Å². The lowest BCUT2D eigenvalue weighted by Gasteiger charge is -2.26. The molecular formula is C14H22N4. The van der Waals surface area contributed by atoms with Gasteiger partial charge in [0.15, 0.2) is 0 Å². The third-order valence-electron chi connectivity index (χ3n) is 4.16. The fraction of sp³-hybridized carbons (Fsp3) is 0.714. The zero-order valence-electron chi connectivity index (χ0n) is 11.3. The Bertz CT molecular complexity index is 422. The van der Waals surface area contributed by atoms with Gasteiger partial charge >= 0.3 is 0 Å². The number of nitrogens with one attached hydrogen (secondary N) is 1. The van der Waals surface area contributed by atoms with Crippen LogP contribution in [0.15, 0.2) is 6.07 Å². The van der Waals surface area contributed by atoms with Gasteiger partial charge in [0.05, 0.1) is 0 Å². The molecule has 0 atom stereocenters. The highest BCUT2D eigenvalue weighted by Crippen LogP contribution is 2.39. The molecular weight excluding hydrogens is 224 g/mol. The molecule has 98 valence electrons. The molecule has 2 aliphatic carbocycles. The Balaban J connectivity index is 1.86. The van der Waals surface area contributed by atoms with Gasteiger partial charge < -0.3 is 10.2 Å². The highest BCUT2D eigenvalue weighted by atomic mass is 15.2. The van der Waals surface area contributed by atoms with E-state index in [0.29, 0.717) is 12.0 Å². The molecule has 0 saturated heterocycles. The average molecular weight is 246 g/mol. The summed E-state index contributed by atoms with van der Waals surface area (Å²) in [6.07, 6.45) is 7.81. The molecule has 0 unspecified atom stereocenters. The van der Waals surface area contributed by atoms with Gasteiger partial charge in [0, 0.05) is 32.1 Å². The third kappa shape index (κ3) is 2.28. The van der Waals surface area contributed by atoms with Crippen molar-refractivity contribution in [1.82, 2.24) is 9.97 Å². The van der Waals surface area contributed by atoms with Gasteiger partial charge in [0.25, 0.3) is 0 Å². The molecule has 2 saturated carbocycles. The van der Waals surface area contributed by atoms with Crippen molar-refractivity contribution in [1.29, 1.82) is 0 Å². The van der Waals surface area contributed by atoms with Crippen LogP contribution in [0.4, 0.5) is 11.6 Å². The number of aromatic nitrogens is 2. The van der Waals surface area contributed by atoms with Crippen molar-refractivity contribution >= 4 is 11.6 Å². The van der Waals surface area contributed by atoms with Crippen LogP contribution in [0.3, 0.4) is 0 Å². The van der Waals surface area contributed by atoms with E-state index in [0.717, 1.165) is 17.5 Å². The molecule has 2 aliphatic rings. The molecule has 1 N–H and O–H groups in total. The Morgan fingerprint density at radius 2 is 1.89 bits per heavy atom. The second kappa shape index (κ2) is 4.75. The zero-order chi connectivity index (χ0) is 12.5. The van der Waals surface area contributed by atoms with E-state index < -0.39 is 0 Å². The third-order valence-corrected chi connectivity index (χ3v) is 4.16. The van der Waals surface area contributed by atoms with Crippen LogP contribution in [-0.4, -0.2) is 30.1 Å². The molecule has 1 aromatic heterocycles. The molecule has 0 radical (unpaired) electrons. The lowest BCUT2D eigenvalue weighted by atomic mass is 10.2. The minimum atomic E-state index is 0.606. The van der Waals surface area contributed by atoms with Crippen molar-refractivity contribution in [3.63, 3.8) is 0 Å². The molecule has 0 bridgehead atoms. The quantitative estimate of drug-likeness (QED) is 0.887. The molecule has 0 aliphatic heterocycles. The van der Waals surface area contributed by atoms with E-state index in [-0.39, 0.29) is 0 Å². The lowest BCUT2D eigenvalue weighted by Crippen LogP contribution is -2.30. The predicted octanol–water partition coefficient (Wildman–Crippen LogP) is 2.77. The van der Waals surface area contributed by atoms with Crippen LogP contribution in [0.25, 0.3) is 0 Å². The molecule has 0 spiro atoms. The summed E-state index contributed by atoms with van der Waals surface area (Å²) in [5.74, 6) is 3.67. The SMILES string of the molecule is CNc1cc(N(C)C2CCCC2)nc(C2CC2)n1. The highest BCUT2D eigenvalue weighted by molar-refractivity contribution is 5.50. The van der Waals surface area contributed by atoms with Crippen LogP contribution in [-0.2, 0) is 0 Å². The number of rotatable bonds is 4. The summed E-state index contributed by atoms with van der Waals surface area (Å²) in [4.78, 5) is 11.7. The molecule has 2 fully saturated rings. The van der Waals surface area contributed by atoms with E-state index in [1.807, 2.05) is 7.05 Å². The predicted molar refractivity (Wildman–Crippen MR) is 74.2 cm³/mol. The number of hydrogen-bond acceptors (Lipinski definition) is 4. The number of anilines is 2. The number of nitrogens with zero attached hydrogens (tertiary/aromatic N) is 3. The van der Waals surface area contributed by atoms with Crippen molar-refractivity contribution in [3.05, 3.63) is 11.9 Å². The Hall–Kier alpha value is -1.32. The summed E-state index contributed by atoms with van der Waals surface area (Å²) in [6.45, 7) is 0. The first kappa shape index (κ1) is 11.8. The van der Waals surface area contributed by atoms with Crippen molar-refractivity contribution in [3.8, 4) is 0 Å².